The van der Waals surface area contributed by atoms with E-state index >= 15 is 0 Å². The van der Waals surface area contributed by atoms with Gasteiger partial charge in [0.25, 0.3) is 0 Å². The van der Waals surface area contributed by atoms with Crippen molar-refractivity contribution in [3.63, 3.8) is 0 Å². The van der Waals surface area contributed by atoms with Gasteiger partial charge in [-0.05, 0) is 37.8 Å². The molecule has 126 valence electrons. The summed E-state index contributed by atoms with van der Waals surface area (Å²) in [6.45, 7) is 4.26. The van der Waals surface area contributed by atoms with Gasteiger partial charge in [0.1, 0.15) is 0 Å². The summed E-state index contributed by atoms with van der Waals surface area (Å²) in [4.78, 5) is 17.0. The van der Waals surface area contributed by atoms with E-state index in [2.05, 4.69) is 40.5 Å². The van der Waals surface area contributed by atoms with Gasteiger partial charge in [0, 0.05) is 45.2 Å². The number of rotatable bonds is 5. The third-order valence-corrected chi connectivity index (χ3v) is 5.33. The van der Waals surface area contributed by atoms with Crippen molar-refractivity contribution in [1.82, 2.24) is 15.1 Å². The van der Waals surface area contributed by atoms with E-state index in [4.69, 9.17) is 0 Å². The zero-order valence-corrected chi connectivity index (χ0v) is 14.2. The molecule has 1 atom stereocenters. The van der Waals surface area contributed by atoms with Crippen molar-refractivity contribution < 1.29 is 4.79 Å². The van der Waals surface area contributed by atoms with Gasteiger partial charge in [0.05, 0.1) is 0 Å². The highest BCUT2D eigenvalue weighted by Gasteiger charge is 2.27. The first-order chi connectivity index (χ1) is 11.2. The molecule has 23 heavy (non-hydrogen) atoms. The van der Waals surface area contributed by atoms with Gasteiger partial charge in [0.2, 0.25) is 5.91 Å². The van der Waals surface area contributed by atoms with Crippen LogP contribution in [0.1, 0.15) is 37.7 Å². The summed E-state index contributed by atoms with van der Waals surface area (Å²) >= 11 is 0. The molecule has 4 nitrogen and oxygen atoms in total. The largest absolute Gasteiger partial charge is 0.343 e. The molecule has 1 aromatic rings. The van der Waals surface area contributed by atoms with E-state index in [1.54, 1.807) is 0 Å². The van der Waals surface area contributed by atoms with Crippen molar-refractivity contribution in [3.8, 4) is 0 Å². The van der Waals surface area contributed by atoms with E-state index in [0.717, 1.165) is 45.4 Å². The summed E-state index contributed by atoms with van der Waals surface area (Å²) < 4.78 is 0. The van der Waals surface area contributed by atoms with E-state index in [1.807, 2.05) is 11.9 Å². The Morgan fingerprint density at radius 2 is 1.96 bits per heavy atom. The lowest BCUT2D eigenvalue weighted by atomic mass is 10.0. The van der Waals surface area contributed by atoms with E-state index in [-0.39, 0.29) is 0 Å². The summed E-state index contributed by atoms with van der Waals surface area (Å²) in [6, 6.07) is 11.5. The first-order valence-corrected chi connectivity index (χ1v) is 8.97. The molecule has 3 rings (SSSR count). The minimum absolute atomic E-state index is 0.311. The van der Waals surface area contributed by atoms with Crippen LogP contribution in [0.5, 0.6) is 0 Å². The molecular weight excluding hydrogens is 286 g/mol. The van der Waals surface area contributed by atoms with Crippen LogP contribution in [-0.2, 0) is 11.3 Å². The smallest absolute Gasteiger partial charge is 0.224 e. The lowest BCUT2D eigenvalue weighted by Gasteiger charge is -2.37. The van der Waals surface area contributed by atoms with Gasteiger partial charge in [0.15, 0.2) is 0 Å². The second-order valence-electron chi connectivity index (χ2n) is 6.99. The SMILES string of the molecule is CN(C(=O)CC1CCCN1)C1CCN(Cc2ccccc2)CC1. The Morgan fingerprint density at radius 1 is 1.22 bits per heavy atom. The monoisotopic (exact) mass is 315 g/mol. The molecule has 0 aromatic heterocycles. The van der Waals surface area contributed by atoms with Crippen LogP contribution in [0.4, 0.5) is 0 Å². The number of piperidine rings is 1. The third-order valence-electron chi connectivity index (χ3n) is 5.33. The Hall–Kier alpha value is -1.39. The Bertz CT molecular complexity index is 491. The highest BCUT2D eigenvalue weighted by atomic mass is 16.2. The fourth-order valence-electron chi connectivity index (χ4n) is 3.80. The van der Waals surface area contributed by atoms with Crippen molar-refractivity contribution >= 4 is 5.91 Å². The molecule has 2 aliphatic rings. The summed E-state index contributed by atoms with van der Waals surface area (Å²) in [5.41, 5.74) is 1.38. The summed E-state index contributed by atoms with van der Waals surface area (Å²) in [5.74, 6) is 0.311. The molecule has 0 aliphatic carbocycles. The maximum Gasteiger partial charge on any atom is 0.224 e. The zero-order valence-electron chi connectivity index (χ0n) is 14.2. The number of nitrogens with one attached hydrogen (secondary N) is 1. The lowest BCUT2D eigenvalue weighted by molar-refractivity contribution is -0.133. The molecule has 0 radical (unpaired) electrons. The number of benzene rings is 1. The minimum Gasteiger partial charge on any atom is -0.343 e. The standard InChI is InChI=1S/C19H29N3O/c1-21(19(23)14-17-8-5-11-20-17)18-9-12-22(13-10-18)15-16-6-3-2-4-7-16/h2-4,6-7,17-18,20H,5,8-15H2,1H3. The second-order valence-corrected chi connectivity index (χ2v) is 6.99. The van der Waals surface area contributed by atoms with E-state index < -0.39 is 0 Å². The van der Waals surface area contributed by atoms with Crippen LogP contribution in [0.25, 0.3) is 0 Å². The zero-order chi connectivity index (χ0) is 16.1. The minimum atomic E-state index is 0.311. The highest BCUT2D eigenvalue weighted by Crippen LogP contribution is 2.19. The van der Waals surface area contributed by atoms with Crippen molar-refractivity contribution in [2.45, 2.75) is 50.7 Å². The van der Waals surface area contributed by atoms with E-state index in [0.29, 0.717) is 24.4 Å². The predicted molar refractivity (Wildman–Crippen MR) is 93.2 cm³/mol. The van der Waals surface area contributed by atoms with Crippen LogP contribution in [0, 0.1) is 0 Å². The number of likely N-dealkylation sites (tertiary alicyclic amines) is 1. The number of nitrogens with zero attached hydrogens (tertiary/aromatic N) is 2. The molecule has 2 heterocycles. The Morgan fingerprint density at radius 3 is 2.61 bits per heavy atom. The fourth-order valence-corrected chi connectivity index (χ4v) is 3.80. The number of carbonyl (C=O) groups is 1. The van der Waals surface area contributed by atoms with Gasteiger partial charge >= 0.3 is 0 Å². The summed E-state index contributed by atoms with van der Waals surface area (Å²) in [7, 11) is 1.99. The average Bonchev–Trinajstić information content (AvgIpc) is 3.09. The van der Waals surface area contributed by atoms with Crippen LogP contribution >= 0.6 is 0 Å². The summed E-state index contributed by atoms with van der Waals surface area (Å²) in [6.07, 6.45) is 5.20. The van der Waals surface area contributed by atoms with Crippen molar-refractivity contribution in [1.29, 1.82) is 0 Å². The fraction of sp³-hybridized carbons (Fsp3) is 0.632. The van der Waals surface area contributed by atoms with E-state index in [9.17, 15) is 4.79 Å². The maximum absolute atomic E-state index is 12.4. The Labute approximate surface area is 139 Å². The first-order valence-electron chi connectivity index (χ1n) is 8.97. The van der Waals surface area contributed by atoms with Gasteiger partial charge in [-0.15, -0.1) is 0 Å². The van der Waals surface area contributed by atoms with Gasteiger partial charge in [-0.3, -0.25) is 9.69 Å². The van der Waals surface area contributed by atoms with Gasteiger partial charge in [-0.2, -0.15) is 0 Å². The molecular formula is C19H29N3O. The average molecular weight is 315 g/mol. The number of carbonyl (C=O) groups excluding carboxylic acids is 1. The van der Waals surface area contributed by atoms with Crippen LogP contribution in [0.3, 0.4) is 0 Å². The number of hydrogen-bond acceptors (Lipinski definition) is 3. The molecule has 1 aromatic carbocycles. The van der Waals surface area contributed by atoms with Crippen LogP contribution < -0.4 is 5.32 Å². The van der Waals surface area contributed by atoms with Crippen LogP contribution in [-0.4, -0.2) is 54.5 Å². The molecule has 0 bridgehead atoms. The third kappa shape index (κ3) is 4.55. The lowest BCUT2D eigenvalue weighted by Crippen LogP contribution is -2.46. The Balaban J connectivity index is 1.43. The molecule has 1 unspecified atom stereocenters. The first kappa shape index (κ1) is 16.5. The van der Waals surface area contributed by atoms with Crippen LogP contribution in [0.15, 0.2) is 30.3 Å². The van der Waals surface area contributed by atoms with Crippen molar-refractivity contribution in [2.75, 3.05) is 26.7 Å². The van der Waals surface area contributed by atoms with Crippen molar-refractivity contribution in [3.05, 3.63) is 35.9 Å². The van der Waals surface area contributed by atoms with E-state index in [1.165, 1.54) is 12.0 Å². The summed E-state index contributed by atoms with van der Waals surface area (Å²) in [5, 5.41) is 3.42. The van der Waals surface area contributed by atoms with Gasteiger partial charge < -0.3 is 10.2 Å². The molecule has 2 fully saturated rings. The molecule has 0 spiro atoms. The Kier molecular flexibility index (Phi) is 5.68. The highest BCUT2D eigenvalue weighted by molar-refractivity contribution is 5.77. The molecule has 2 saturated heterocycles. The normalized spacial score (nSPS) is 23.1. The second kappa shape index (κ2) is 7.93. The maximum atomic E-state index is 12.4. The molecule has 4 heteroatoms. The van der Waals surface area contributed by atoms with Gasteiger partial charge in [-0.25, -0.2) is 0 Å². The molecule has 1 N–H and O–H groups in total. The number of amides is 1. The number of hydrogen-bond donors (Lipinski definition) is 1. The molecule has 1 amide bonds. The predicted octanol–water partition coefficient (Wildman–Crippen LogP) is 2.25. The van der Waals surface area contributed by atoms with Crippen LogP contribution in [0.2, 0.25) is 0 Å². The molecule has 2 aliphatic heterocycles. The van der Waals surface area contributed by atoms with Gasteiger partial charge in [-0.1, -0.05) is 30.3 Å². The quantitative estimate of drug-likeness (QED) is 0.905. The van der Waals surface area contributed by atoms with Crippen molar-refractivity contribution in [2.24, 2.45) is 0 Å². The topological polar surface area (TPSA) is 35.6 Å². The molecule has 0 saturated carbocycles.